The van der Waals surface area contributed by atoms with Crippen LogP contribution >= 0.6 is 0 Å². The highest BCUT2D eigenvalue weighted by Crippen LogP contribution is 2.20. The van der Waals surface area contributed by atoms with Gasteiger partial charge in [0, 0.05) is 23.5 Å². The standard InChI is InChI=1S/C31H41N6O5/c1-19(2)28(18-38)37-30(41)26(9-5-6-14-32)35-31(42)27(16-21-17-34-25-8-4-3-7-23(21)25)36-29(40)24(33)15-20-10-12-22(39)13-11-20/h3-4,7-8,10-13,17,19,24,26-28,34,39H,5-6,9,14-16,32-33H2,1-2H3,(H,35,42)(H,36,40)(H,37,41)/t24-,26-,27+,28+/m0/s1. The van der Waals surface area contributed by atoms with Crippen LogP contribution < -0.4 is 27.4 Å². The number of rotatable bonds is 16. The van der Waals surface area contributed by atoms with Gasteiger partial charge in [0.15, 0.2) is 0 Å². The Kier molecular flexibility index (Phi) is 12.1. The van der Waals surface area contributed by atoms with E-state index in [0.29, 0.717) is 25.8 Å². The second-order valence-corrected chi connectivity index (χ2v) is 10.8. The van der Waals surface area contributed by atoms with Crippen molar-refractivity contribution in [3.63, 3.8) is 0 Å². The summed E-state index contributed by atoms with van der Waals surface area (Å²) in [5, 5.41) is 18.7. The molecule has 225 valence electrons. The Morgan fingerprint density at radius 3 is 2.24 bits per heavy atom. The number of H-pyrrole nitrogens is 1. The number of aromatic hydroxyl groups is 1. The first-order valence-electron chi connectivity index (χ1n) is 14.2. The predicted molar refractivity (Wildman–Crippen MR) is 161 cm³/mol. The molecule has 9 N–H and O–H groups in total. The molecule has 0 saturated heterocycles. The highest BCUT2D eigenvalue weighted by Gasteiger charge is 2.30. The van der Waals surface area contributed by atoms with Gasteiger partial charge in [0.2, 0.25) is 24.0 Å². The average molecular weight is 578 g/mol. The van der Waals surface area contributed by atoms with Gasteiger partial charge in [-0.05, 0) is 67.5 Å². The lowest BCUT2D eigenvalue weighted by Crippen LogP contribution is -2.57. The lowest BCUT2D eigenvalue weighted by atomic mass is 10.0. The maximum absolute atomic E-state index is 13.7. The smallest absolute Gasteiger partial charge is 0.243 e. The third-order valence-electron chi connectivity index (χ3n) is 7.13. The first-order chi connectivity index (χ1) is 20.1. The summed E-state index contributed by atoms with van der Waals surface area (Å²) >= 11 is 0. The van der Waals surface area contributed by atoms with Crippen LogP contribution in [0, 0.1) is 5.92 Å². The van der Waals surface area contributed by atoms with Gasteiger partial charge in [-0.25, -0.2) is 0 Å². The van der Waals surface area contributed by atoms with Crippen LogP contribution in [0.4, 0.5) is 0 Å². The van der Waals surface area contributed by atoms with Gasteiger partial charge in [-0.15, -0.1) is 0 Å². The molecule has 1 radical (unpaired) electrons. The minimum Gasteiger partial charge on any atom is -0.508 e. The molecule has 42 heavy (non-hydrogen) atoms. The number of phenolic OH excluding ortho intramolecular Hbond substituents is 1. The number of aromatic nitrogens is 1. The minimum atomic E-state index is -1.05. The van der Waals surface area contributed by atoms with E-state index in [1.165, 1.54) is 12.1 Å². The van der Waals surface area contributed by atoms with E-state index in [4.69, 9.17) is 11.5 Å². The number of unbranched alkanes of at least 4 members (excludes halogenated alkanes) is 1. The van der Waals surface area contributed by atoms with Crippen molar-refractivity contribution in [3.8, 4) is 5.75 Å². The number of carbonyl (C=O) groups excluding carboxylic acids is 4. The molecule has 0 fully saturated rings. The number of phenols is 1. The highest BCUT2D eigenvalue weighted by molar-refractivity contribution is 5.94. The first kappa shape index (κ1) is 32.3. The van der Waals surface area contributed by atoms with Crippen LogP contribution in [-0.4, -0.2) is 64.8 Å². The molecule has 4 atom stereocenters. The fourth-order valence-electron chi connectivity index (χ4n) is 4.61. The van der Waals surface area contributed by atoms with Crippen molar-refractivity contribution in [1.82, 2.24) is 20.9 Å². The summed E-state index contributed by atoms with van der Waals surface area (Å²) in [6.07, 6.45) is 5.47. The molecule has 0 spiro atoms. The lowest BCUT2D eigenvalue weighted by molar-refractivity contribution is -0.132. The van der Waals surface area contributed by atoms with Crippen molar-refractivity contribution in [2.45, 2.75) is 70.1 Å². The van der Waals surface area contributed by atoms with Crippen LogP contribution in [-0.2, 0) is 32.0 Å². The van der Waals surface area contributed by atoms with Gasteiger partial charge in [-0.1, -0.05) is 44.2 Å². The zero-order valence-electron chi connectivity index (χ0n) is 24.1. The molecule has 0 aliphatic carbocycles. The molecule has 3 amide bonds. The summed E-state index contributed by atoms with van der Waals surface area (Å²) < 4.78 is 0. The van der Waals surface area contributed by atoms with E-state index in [0.717, 1.165) is 22.0 Å². The monoisotopic (exact) mass is 577 g/mol. The van der Waals surface area contributed by atoms with Gasteiger partial charge in [0.25, 0.3) is 0 Å². The number of para-hydroxylation sites is 1. The summed E-state index contributed by atoms with van der Waals surface area (Å²) in [5.74, 6) is -1.69. The van der Waals surface area contributed by atoms with E-state index in [2.05, 4.69) is 20.9 Å². The Morgan fingerprint density at radius 1 is 0.905 bits per heavy atom. The Morgan fingerprint density at radius 2 is 1.57 bits per heavy atom. The molecule has 0 aliphatic rings. The minimum absolute atomic E-state index is 0.100. The second kappa shape index (κ2) is 15.7. The summed E-state index contributed by atoms with van der Waals surface area (Å²) in [7, 11) is 0. The molecule has 0 saturated carbocycles. The van der Waals surface area contributed by atoms with Crippen molar-refractivity contribution in [3.05, 3.63) is 65.9 Å². The fraction of sp³-hybridized carbons (Fsp3) is 0.419. The topological polar surface area (TPSA) is 192 Å². The molecular formula is C31H41N6O5. The van der Waals surface area contributed by atoms with E-state index in [1.807, 2.05) is 30.6 Å². The summed E-state index contributed by atoms with van der Waals surface area (Å²) in [4.78, 5) is 54.6. The van der Waals surface area contributed by atoms with Gasteiger partial charge in [-0.3, -0.25) is 19.2 Å². The number of aromatic amines is 1. The Labute approximate surface area is 245 Å². The zero-order chi connectivity index (χ0) is 30.6. The normalized spacial score (nSPS) is 14.1. The largest absolute Gasteiger partial charge is 0.508 e. The van der Waals surface area contributed by atoms with Crippen molar-refractivity contribution in [2.75, 3.05) is 6.54 Å². The van der Waals surface area contributed by atoms with Gasteiger partial charge in [0.05, 0.1) is 12.1 Å². The van der Waals surface area contributed by atoms with Gasteiger partial charge in [-0.2, -0.15) is 0 Å². The molecule has 3 rings (SSSR count). The van der Waals surface area contributed by atoms with Gasteiger partial charge in [0.1, 0.15) is 17.8 Å². The van der Waals surface area contributed by atoms with Crippen LogP contribution in [0.25, 0.3) is 10.9 Å². The Balaban J connectivity index is 1.82. The Bertz CT molecular complexity index is 1340. The first-order valence-corrected chi connectivity index (χ1v) is 14.2. The van der Waals surface area contributed by atoms with Crippen LogP contribution in [0.15, 0.2) is 54.7 Å². The Hall–Kier alpha value is -4.22. The second-order valence-electron chi connectivity index (χ2n) is 10.8. The molecule has 3 aromatic rings. The van der Waals surface area contributed by atoms with E-state index < -0.39 is 41.9 Å². The molecule has 0 bridgehead atoms. The van der Waals surface area contributed by atoms with Crippen molar-refractivity contribution < 1.29 is 24.3 Å². The maximum atomic E-state index is 13.7. The number of benzene rings is 2. The molecule has 1 heterocycles. The zero-order valence-corrected chi connectivity index (χ0v) is 24.1. The molecule has 0 aliphatic heterocycles. The number of hydrogen-bond acceptors (Lipinski definition) is 7. The SMILES string of the molecule is CC(C)[C@@H]([C]=O)NC(=O)[C@H](CCCCN)NC(=O)[C@@H](Cc1c[nH]c2ccccc12)NC(=O)[C@@H](N)Cc1ccc(O)cc1. The van der Waals surface area contributed by atoms with E-state index in [-0.39, 0.29) is 24.5 Å². The number of amides is 3. The van der Waals surface area contributed by atoms with Crippen LogP contribution in [0.1, 0.15) is 44.2 Å². The molecule has 11 nitrogen and oxygen atoms in total. The number of nitrogens with one attached hydrogen (secondary N) is 4. The summed E-state index contributed by atoms with van der Waals surface area (Å²) in [6, 6.07) is 10.2. The average Bonchev–Trinajstić information content (AvgIpc) is 3.38. The third-order valence-corrected chi connectivity index (χ3v) is 7.13. The van der Waals surface area contributed by atoms with E-state index >= 15 is 0 Å². The highest BCUT2D eigenvalue weighted by atomic mass is 16.3. The van der Waals surface area contributed by atoms with Crippen LogP contribution in [0.3, 0.4) is 0 Å². The number of fused-ring (bicyclic) bond motifs is 1. The number of hydrogen-bond donors (Lipinski definition) is 7. The van der Waals surface area contributed by atoms with Crippen molar-refractivity contribution >= 4 is 34.9 Å². The maximum Gasteiger partial charge on any atom is 0.243 e. The van der Waals surface area contributed by atoms with E-state index in [1.54, 1.807) is 32.2 Å². The summed E-state index contributed by atoms with van der Waals surface area (Å²) in [6.45, 7) is 4.00. The summed E-state index contributed by atoms with van der Waals surface area (Å²) in [5.41, 5.74) is 14.3. The van der Waals surface area contributed by atoms with Crippen LogP contribution in [0.5, 0.6) is 5.75 Å². The molecule has 1 aromatic heterocycles. The van der Waals surface area contributed by atoms with Gasteiger partial charge < -0.3 is 37.5 Å². The molecular weight excluding hydrogens is 536 g/mol. The van der Waals surface area contributed by atoms with Crippen molar-refractivity contribution in [1.29, 1.82) is 0 Å². The van der Waals surface area contributed by atoms with Crippen LogP contribution in [0.2, 0.25) is 0 Å². The fourth-order valence-corrected chi connectivity index (χ4v) is 4.61. The quantitative estimate of drug-likeness (QED) is 0.125. The predicted octanol–water partition coefficient (Wildman–Crippen LogP) is 1.34. The number of carbonyl (C=O) groups is 3. The van der Waals surface area contributed by atoms with Crippen molar-refractivity contribution in [2.24, 2.45) is 17.4 Å². The van der Waals surface area contributed by atoms with Gasteiger partial charge >= 0.3 is 0 Å². The molecule has 11 heteroatoms. The van der Waals surface area contributed by atoms with E-state index in [9.17, 15) is 24.3 Å². The third kappa shape index (κ3) is 9.15. The lowest BCUT2D eigenvalue weighted by Gasteiger charge is -2.25. The molecule has 2 aromatic carbocycles. The number of nitrogens with two attached hydrogens (primary N) is 2. The molecule has 0 unspecified atom stereocenters.